The molecule has 3 heteroatoms. The van der Waals surface area contributed by atoms with Crippen LogP contribution < -0.4 is 5.32 Å². The fourth-order valence-electron chi connectivity index (χ4n) is 2.83. The van der Waals surface area contributed by atoms with Crippen molar-refractivity contribution in [3.63, 3.8) is 0 Å². The summed E-state index contributed by atoms with van der Waals surface area (Å²) in [6.07, 6.45) is 2.48. The zero-order valence-corrected chi connectivity index (χ0v) is 11.1. The third-order valence-electron chi connectivity index (χ3n) is 4.01. The van der Waals surface area contributed by atoms with Crippen molar-refractivity contribution in [2.45, 2.75) is 24.9 Å². The topological polar surface area (TPSA) is 15.3 Å². The van der Waals surface area contributed by atoms with Gasteiger partial charge in [-0.2, -0.15) is 0 Å². The molecule has 1 aromatic carbocycles. The molecule has 3 rings (SSSR count). The molecule has 1 fully saturated rings. The van der Waals surface area contributed by atoms with Crippen molar-refractivity contribution in [3.05, 3.63) is 33.8 Å². The van der Waals surface area contributed by atoms with Crippen LogP contribution in [0.3, 0.4) is 0 Å². The number of nitrogens with zero attached hydrogens (tertiary/aromatic N) is 1. The van der Waals surface area contributed by atoms with Crippen LogP contribution in [0, 0.1) is 0 Å². The van der Waals surface area contributed by atoms with Gasteiger partial charge in [0, 0.05) is 29.6 Å². The fraction of sp³-hybridized carbons (Fsp3) is 0.538. The van der Waals surface area contributed by atoms with Gasteiger partial charge in [-0.15, -0.1) is 0 Å². The maximum Gasteiger partial charge on any atom is 0.0355 e. The van der Waals surface area contributed by atoms with Crippen LogP contribution >= 0.6 is 15.9 Å². The standard InChI is InChI=1S/C13H17BrN2/c1-16(9-7-15-8-9)13-6-5-10-11(13)3-2-4-12(10)14/h2-4,9,13,15H,5-8H2,1H3. The Balaban J connectivity index is 1.87. The Hall–Kier alpha value is -0.380. The molecule has 2 aliphatic rings. The molecule has 16 heavy (non-hydrogen) atoms. The largest absolute Gasteiger partial charge is 0.314 e. The molecular formula is C13H17BrN2. The van der Waals surface area contributed by atoms with Gasteiger partial charge in [0.2, 0.25) is 0 Å². The van der Waals surface area contributed by atoms with Crippen molar-refractivity contribution in [3.8, 4) is 0 Å². The smallest absolute Gasteiger partial charge is 0.0355 e. The highest BCUT2D eigenvalue weighted by molar-refractivity contribution is 9.10. The first-order valence-electron chi connectivity index (χ1n) is 5.97. The summed E-state index contributed by atoms with van der Waals surface area (Å²) in [4.78, 5) is 2.55. The number of hydrogen-bond acceptors (Lipinski definition) is 2. The minimum Gasteiger partial charge on any atom is -0.314 e. The number of rotatable bonds is 2. The van der Waals surface area contributed by atoms with Gasteiger partial charge in [0.25, 0.3) is 0 Å². The summed E-state index contributed by atoms with van der Waals surface area (Å²) in [6, 6.07) is 7.97. The SMILES string of the molecule is CN(C1CNC1)C1CCc2c(Br)cccc21. The van der Waals surface area contributed by atoms with Crippen LogP contribution in [0.15, 0.2) is 22.7 Å². The average Bonchev–Trinajstić information content (AvgIpc) is 2.59. The van der Waals surface area contributed by atoms with Crippen LogP contribution in [0.1, 0.15) is 23.6 Å². The molecule has 1 aromatic rings. The van der Waals surface area contributed by atoms with Crippen LogP contribution in [0.5, 0.6) is 0 Å². The summed E-state index contributed by atoms with van der Waals surface area (Å²) in [5.41, 5.74) is 3.05. The summed E-state index contributed by atoms with van der Waals surface area (Å²) in [6.45, 7) is 2.30. The monoisotopic (exact) mass is 280 g/mol. The van der Waals surface area contributed by atoms with Crippen molar-refractivity contribution in [2.24, 2.45) is 0 Å². The quantitative estimate of drug-likeness (QED) is 0.895. The first-order valence-corrected chi connectivity index (χ1v) is 6.76. The van der Waals surface area contributed by atoms with Crippen molar-refractivity contribution in [2.75, 3.05) is 20.1 Å². The fourth-order valence-corrected chi connectivity index (χ4v) is 3.41. The Morgan fingerprint density at radius 1 is 1.38 bits per heavy atom. The van der Waals surface area contributed by atoms with Crippen LogP contribution in [0.2, 0.25) is 0 Å². The second kappa shape index (κ2) is 4.13. The summed E-state index contributed by atoms with van der Waals surface area (Å²) < 4.78 is 1.28. The van der Waals surface area contributed by atoms with Gasteiger partial charge in [-0.1, -0.05) is 28.1 Å². The molecule has 1 heterocycles. The zero-order chi connectivity index (χ0) is 11.1. The minimum absolute atomic E-state index is 0.625. The van der Waals surface area contributed by atoms with Gasteiger partial charge >= 0.3 is 0 Å². The van der Waals surface area contributed by atoms with E-state index in [2.05, 4.69) is 51.4 Å². The number of halogens is 1. The summed E-state index contributed by atoms with van der Waals surface area (Å²) in [7, 11) is 2.27. The number of likely N-dealkylation sites (N-methyl/N-ethyl adjacent to an activating group) is 1. The Morgan fingerprint density at radius 3 is 2.88 bits per heavy atom. The van der Waals surface area contributed by atoms with Crippen molar-refractivity contribution >= 4 is 15.9 Å². The Labute approximate surface area is 105 Å². The van der Waals surface area contributed by atoms with E-state index >= 15 is 0 Å². The molecule has 1 atom stereocenters. The molecule has 0 amide bonds. The van der Waals surface area contributed by atoms with E-state index in [0.717, 1.165) is 19.1 Å². The van der Waals surface area contributed by atoms with Crippen molar-refractivity contribution in [1.82, 2.24) is 10.2 Å². The van der Waals surface area contributed by atoms with Gasteiger partial charge in [0.05, 0.1) is 0 Å². The highest BCUT2D eigenvalue weighted by atomic mass is 79.9. The number of nitrogens with one attached hydrogen (secondary N) is 1. The lowest BCUT2D eigenvalue weighted by Crippen LogP contribution is -2.56. The highest BCUT2D eigenvalue weighted by Gasteiger charge is 2.32. The number of benzene rings is 1. The van der Waals surface area contributed by atoms with Crippen molar-refractivity contribution in [1.29, 1.82) is 0 Å². The summed E-state index contributed by atoms with van der Waals surface area (Å²) >= 11 is 3.66. The van der Waals surface area contributed by atoms with Gasteiger partial charge in [0.15, 0.2) is 0 Å². The molecule has 0 aromatic heterocycles. The van der Waals surface area contributed by atoms with E-state index in [1.165, 1.54) is 28.4 Å². The lowest BCUT2D eigenvalue weighted by Gasteiger charge is -2.39. The van der Waals surface area contributed by atoms with E-state index in [1.54, 1.807) is 0 Å². The lowest BCUT2D eigenvalue weighted by molar-refractivity contribution is 0.127. The van der Waals surface area contributed by atoms with E-state index < -0.39 is 0 Å². The van der Waals surface area contributed by atoms with E-state index in [-0.39, 0.29) is 0 Å². The molecule has 86 valence electrons. The molecule has 0 saturated carbocycles. The van der Waals surface area contributed by atoms with E-state index in [4.69, 9.17) is 0 Å². The molecule has 0 spiro atoms. The van der Waals surface area contributed by atoms with E-state index in [0.29, 0.717) is 6.04 Å². The predicted molar refractivity (Wildman–Crippen MR) is 69.6 cm³/mol. The van der Waals surface area contributed by atoms with E-state index in [1.807, 2.05) is 0 Å². The normalized spacial score (nSPS) is 24.6. The van der Waals surface area contributed by atoms with Gasteiger partial charge in [-0.05, 0) is 37.1 Å². The van der Waals surface area contributed by atoms with Crippen LogP contribution in [-0.2, 0) is 6.42 Å². The Kier molecular flexibility index (Phi) is 2.78. The first kappa shape index (κ1) is 10.8. The third-order valence-corrected chi connectivity index (χ3v) is 4.75. The maximum atomic E-state index is 3.66. The first-order chi connectivity index (χ1) is 7.77. The Morgan fingerprint density at radius 2 is 2.19 bits per heavy atom. The zero-order valence-electron chi connectivity index (χ0n) is 9.54. The van der Waals surface area contributed by atoms with E-state index in [9.17, 15) is 0 Å². The molecule has 0 bridgehead atoms. The van der Waals surface area contributed by atoms with Crippen LogP contribution in [0.25, 0.3) is 0 Å². The summed E-state index contributed by atoms with van der Waals surface area (Å²) in [5, 5.41) is 3.35. The molecule has 1 N–H and O–H groups in total. The highest BCUT2D eigenvalue weighted by Crippen LogP contribution is 2.39. The molecule has 1 aliphatic heterocycles. The maximum absolute atomic E-state index is 3.66. The van der Waals surface area contributed by atoms with Crippen molar-refractivity contribution < 1.29 is 0 Å². The van der Waals surface area contributed by atoms with Crippen LogP contribution in [-0.4, -0.2) is 31.1 Å². The molecule has 1 saturated heterocycles. The minimum atomic E-state index is 0.625. The average molecular weight is 281 g/mol. The van der Waals surface area contributed by atoms with Gasteiger partial charge < -0.3 is 5.32 Å². The molecule has 2 nitrogen and oxygen atoms in total. The summed E-state index contributed by atoms with van der Waals surface area (Å²) in [5.74, 6) is 0. The number of hydrogen-bond donors (Lipinski definition) is 1. The Bertz CT molecular complexity index is 401. The third kappa shape index (κ3) is 1.62. The molecule has 0 radical (unpaired) electrons. The van der Waals surface area contributed by atoms with Gasteiger partial charge in [-0.25, -0.2) is 0 Å². The second-order valence-corrected chi connectivity index (χ2v) is 5.69. The second-order valence-electron chi connectivity index (χ2n) is 4.84. The number of fused-ring (bicyclic) bond motifs is 1. The van der Waals surface area contributed by atoms with Gasteiger partial charge in [0.1, 0.15) is 0 Å². The van der Waals surface area contributed by atoms with Crippen LogP contribution in [0.4, 0.5) is 0 Å². The van der Waals surface area contributed by atoms with Gasteiger partial charge in [-0.3, -0.25) is 4.90 Å². The molecule has 1 unspecified atom stereocenters. The molecular weight excluding hydrogens is 264 g/mol. The molecule has 1 aliphatic carbocycles. The lowest BCUT2D eigenvalue weighted by atomic mass is 10.0. The predicted octanol–water partition coefficient (Wildman–Crippen LogP) is 2.34.